The summed E-state index contributed by atoms with van der Waals surface area (Å²) in [6.07, 6.45) is -4.51. The second kappa shape index (κ2) is 7.36. The van der Waals surface area contributed by atoms with E-state index in [0.717, 1.165) is 10.7 Å². The molecule has 0 unspecified atom stereocenters. The zero-order chi connectivity index (χ0) is 17.8. The van der Waals surface area contributed by atoms with Crippen molar-refractivity contribution in [1.82, 2.24) is 0 Å². The van der Waals surface area contributed by atoms with E-state index in [4.69, 9.17) is 0 Å². The Morgan fingerprint density at radius 2 is 0.880 bits per heavy atom. The first-order chi connectivity index (χ1) is 12.0. The van der Waals surface area contributed by atoms with Gasteiger partial charge in [0.05, 0.1) is 0 Å². The van der Waals surface area contributed by atoms with Gasteiger partial charge in [-0.2, -0.15) is 0 Å². The van der Waals surface area contributed by atoms with E-state index in [1.165, 1.54) is 0 Å². The van der Waals surface area contributed by atoms with E-state index in [-0.39, 0.29) is 0 Å². The molecule has 4 heteroatoms. The van der Waals surface area contributed by atoms with E-state index in [2.05, 4.69) is 3.94 Å². The average molecular weight is 443 g/mol. The summed E-state index contributed by atoms with van der Waals surface area (Å²) in [5.74, 6) is 1.60. The summed E-state index contributed by atoms with van der Waals surface area (Å²) in [6, 6.07) is 28.2. The van der Waals surface area contributed by atoms with E-state index < -0.39 is 24.6 Å². The third-order valence-corrected chi connectivity index (χ3v) is 15.7. The van der Waals surface area contributed by atoms with E-state index in [0.29, 0.717) is 0 Å². The van der Waals surface area contributed by atoms with Gasteiger partial charge in [0.15, 0.2) is 0 Å². The van der Waals surface area contributed by atoms with Crippen LogP contribution in [-0.4, -0.2) is 24.6 Å². The molecule has 0 spiro atoms. The summed E-state index contributed by atoms with van der Waals surface area (Å²) in [7, 11) is 0. The molecule has 0 radical (unpaired) electrons. The van der Waals surface area contributed by atoms with Crippen molar-refractivity contribution in [3.05, 3.63) is 91.0 Å². The fourth-order valence-electron chi connectivity index (χ4n) is 2.95. The molecular formula is C21H15F3Sn. The number of rotatable bonds is 3. The Hall–Kier alpha value is -2.19. The number of alkyl halides is 3. The molecule has 0 aliphatic rings. The first-order valence-electron chi connectivity index (χ1n) is 7.80. The molecule has 0 heterocycles. The van der Waals surface area contributed by atoms with Gasteiger partial charge in [-0.25, -0.2) is 0 Å². The molecule has 0 bridgehead atoms. The summed E-state index contributed by atoms with van der Waals surface area (Å²) in [6.45, 7) is 0. The Morgan fingerprint density at radius 3 is 1.16 bits per heavy atom. The van der Waals surface area contributed by atoms with Crippen LogP contribution in [0.4, 0.5) is 13.2 Å². The molecule has 0 aliphatic carbocycles. The maximum atomic E-state index is 13.0. The van der Waals surface area contributed by atoms with Crippen LogP contribution in [0, 0.1) is 9.86 Å². The molecule has 0 N–H and O–H groups in total. The third kappa shape index (κ3) is 3.91. The molecule has 0 aliphatic heterocycles. The van der Waals surface area contributed by atoms with Crippen LogP contribution in [0.3, 0.4) is 0 Å². The van der Waals surface area contributed by atoms with E-state index in [9.17, 15) is 13.2 Å². The van der Waals surface area contributed by atoms with E-state index >= 15 is 0 Å². The maximum absolute atomic E-state index is 13.0. The Balaban J connectivity index is 2.37. The second-order valence-electron chi connectivity index (χ2n) is 5.60. The number of hydrogen-bond acceptors (Lipinski definition) is 0. The fraction of sp³-hybridized carbons (Fsp3) is 0.0476. The van der Waals surface area contributed by atoms with Gasteiger partial charge in [0.25, 0.3) is 0 Å². The summed E-state index contributed by atoms with van der Waals surface area (Å²) in [4.78, 5) is 0. The van der Waals surface area contributed by atoms with Crippen LogP contribution in [0.25, 0.3) is 0 Å². The molecule has 124 valence electrons. The summed E-state index contributed by atoms with van der Waals surface area (Å²) in [5.41, 5.74) is 0. The van der Waals surface area contributed by atoms with Gasteiger partial charge in [-0.3, -0.25) is 0 Å². The van der Waals surface area contributed by atoms with Crippen molar-refractivity contribution in [2.45, 2.75) is 6.18 Å². The molecule has 0 saturated carbocycles. The van der Waals surface area contributed by atoms with E-state index in [1.54, 1.807) is 5.92 Å². The van der Waals surface area contributed by atoms with Gasteiger partial charge in [0.1, 0.15) is 0 Å². The molecule has 0 amide bonds. The van der Waals surface area contributed by atoms with Crippen molar-refractivity contribution in [1.29, 1.82) is 0 Å². The molecule has 0 aromatic heterocycles. The van der Waals surface area contributed by atoms with Gasteiger partial charge in [0, 0.05) is 0 Å². The van der Waals surface area contributed by atoms with Crippen LogP contribution in [0.15, 0.2) is 91.0 Å². The van der Waals surface area contributed by atoms with Gasteiger partial charge >= 0.3 is 149 Å². The Kier molecular flexibility index (Phi) is 5.19. The second-order valence-corrected chi connectivity index (χ2v) is 15.5. The molecule has 0 fully saturated rings. The Labute approximate surface area is 149 Å². The summed E-state index contributed by atoms with van der Waals surface area (Å²) >= 11 is -4.10. The van der Waals surface area contributed by atoms with Crippen molar-refractivity contribution in [2.75, 3.05) is 0 Å². The average Bonchev–Trinajstić information content (AvgIpc) is 2.64. The summed E-state index contributed by atoms with van der Waals surface area (Å²) in [5, 5.41) is 0. The van der Waals surface area contributed by atoms with Crippen molar-refractivity contribution in [2.24, 2.45) is 0 Å². The minimum atomic E-state index is -4.51. The normalized spacial score (nSPS) is 11.5. The SMILES string of the molecule is FC(F)(F)C#[C][Sn]([c]1ccccc1)([c]1ccccc1)[c]1ccccc1. The molecule has 3 aromatic carbocycles. The molecule has 0 atom stereocenters. The molecule has 3 aromatic rings. The van der Waals surface area contributed by atoms with Crippen LogP contribution in [0.5, 0.6) is 0 Å². The third-order valence-electron chi connectivity index (χ3n) is 4.01. The van der Waals surface area contributed by atoms with E-state index in [1.807, 2.05) is 91.0 Å². The molecule has 3 rings (SSSR count). The van der Waals surface area contributed by atoms with Gasteiger partial charge in [-0.05, 0) is 0 Å². The van der Waals surface area contributed by atoms with Gasteiger partial charge < -0.3 is 0 Å². The predicted molar refractivity (Wildman–Crippen MR) is 97.8 cm³/mol. The van der Waals surface area contributed by atoms with Crippen LogP contribution < -0.4 is 10.7 Å². The first kappa shape index (κ1) is 17.6. The van der Waals surface area contributed by atoms with Crippen molar-refractivity contribution < 1.29 is 13.2 Å². The standard InChI is InChI=1S/3C6H5.C3F3.Sn/c3*1-2-4-6-5-3-1;1-2-3(4,5)6;/h3*1-5H;;. The zero-order valence-electron chi connectivity index (χ0n) is 13.3. The van der Waals surface area contributed by atoms with Gasteiger partial charge in [-0.15, -0.1) is 0 Å². The Bertz CT molecular complexity index is 780. The van der Waals surface area contributed by atoms with Crippen molar-refractivity contribution in [3.63, 3.8) is 0 Å². The van der Waals surface area contributed by atoms with Crippen molar-refractivity contribution in [3.8, 4) is 9.86 Å². The monoisotopic (exact) mass is 444 g/mol. The number of hydrogen-bond donors (Lipinski definition) is 0. The van der Waals surface area contributed by atoms with Crippen LogP contribution in [0.2, 0.25) is 0 Å². The van der Waals surface area contributed by atoms with Crippen LogP contribution in [-0.2, 0) is 0 Å². The molecular weight excluding hydrogens is 428 g/mol. The predicted octanol–water partition coefficient (Wildman–Crippen LogP) is 3.26. The van der Waals surface area contributed by atoms with Gasteiger partial charge in [-0.1, -0.05) is 0 Å². The zero-order valence-corrected chi connectivity index (χ0v) is 16.1. The molecule has 0 saturated heterocycles. The van der Waals surface area contributed by atoms with Crippen LogP contribution >= 0.6 is 0 Å². The Morgan fingerprint density at radius 1 is 0.560 bits per heavy atom. The minimum absolute atomic E-state index is 0.908. The van der Waals surface area contributed by atoms with Crippen LogP contribution in [0.1, 0.15) is 0 Å². The summed E-state index contributed by atoms with van der Waals surface area (Å²) < 4.78 is 44.5. The fourth-order valence-corrected chi connectivity index (χ4v) is 13.9. The quantitative estimate of drug-likeness (QED) is 0.431. The first-order valence-corrected chi connectivity index (χ1v) is 13.5. The molecule has 25 heavy (non-hydrogen) atoms. The van der Waals surface area contributed by atoms with Gasteiger partial charge in [0.2, 0.25) is 0 Å². The number of halogens is 3. The topological polar surface area (TPSA) is 0 Å². The molecule has 0 nitrogen and oxygen atoms in total. The number of benzene rings is 3. The van der Waals surface area contributed by atoms with Crippen molar-refractivity contribution >= 4 is 29.1 Å².